The van der Waals surface area contributed by atoms with Crippen LogP contribution in [0, 0.1) is 0 Å². The molecule has 1 heterocycles. The van der Waals surface area contributed by atoms with E-state index >= 15 is 0 Å². The summed E-state index contributed by atoms with van der Waals surface area (Å²) in [5, 5.41) is 59.7. The van der Waals surface area contributed by atoms with Gasteiger partial charge in [0.2, 0.25) is 0 Å². The summed E-state index contributed by atoms with van der Waals surface area (Å²) in [5.74, 6) is -0.420. The lowest BCUT2D eigenvalue weighted by Gasteiger charge is -2.40. The largest absolute Gasteiger partial charge is 0.504 e. The molecule has 1 aromatic rings. The molecule has 7 N–H and O–H groups in total. The zero-order chi connectivity index (χ0) is 16.3. The number of nitrogens with one attached hydrogen (secondary N) is 1. The molecule has 1 aliphatic heterocycles. The van der Waals surface area contributed by atoms with Crippen molar-refractivity contribution >= 4 is 0 Å². The second kappa shape index (κ2) is 7.23. The molecule has 8 heteroatoms. The minimum Gasteiger partial charge on any atom is -0.504 e. The van der Waals surface area contributed by atoms with Gasteiger partial charge in [0.15, 0.2) is 11.5 Å². The van der Waals surface area contributed by atoms with E-state index in [0.29, 0.717) is 13.0 Å². The standard InChI is InChI=1S/C14H21NO7/c16-6-10-11(19)12(20)13(21)14(22-10)15-4-3-7-1-2-8(17)9(18)5-7/h1-2,5,10-21H,3-4,6H2/t10-,11-,12+,13-,14-/m1/s1. The summed E-state index contributed by atoms with van der Waals surface area (Å²) >= 11 is 0. The maximum Gasteiger partial charge on any atom is 0.157 e. The van der Waals surface area contributed by atoms with Gasteiger partial charge in [0, 0.05) is 6.54 Å². The summed E-state index contributed by atoms with van der Waals surface area (Å²) in [4.78, 5) is 0. The number of rotatable bonds is 5. The normalized spacial score (nSPS) is 32.1. The lowest BCUT2D eigenvalue weighted by atomic mass is 9.98. The molecule has 5 atom stereocenters. The van der Waals surface area contributed by atoms with Crippen molar-refractivity contribution in [1.82, 2.24) is 5.32 Å². The minimum absolute atomic E-state index is 0.203. The lowest BCUT2D eigenvalue weighted by Crippen LogP contribution is -2.62. The highest BCUT2D eigenvalue weighted by molar-refractivity contribution is 5.40. The van der Waals surface area contributed by atoms with Gasteiger partial charge in [-0.05, 0) is 24.1 Å². The lowest BCUT2D eigenvalue weighted by molar-refractivity contribution is -0.236. The first-order valence-electron chi connectivity index (χ1n) is 6.98. The van der Waals surface area contributed by atoms with Gasteiger partial charge in [0.1, 0.15) is 30.6 Å². The number of hydrogen-bond acceptors (Lipinski definition) is 8. The highest BCUT2D eigenvalue weighted by atomic mass is 16.6. The molecule has 22 heavy (non-hydrogen) atoms. The maximum absolute atomic E-state index is 9.85. The fourth-order valence-electron chi connectivity index (χ4n) is 2.35. The van der Waals surface area contributed by atoms with Crippen LogP contribution in [0.15, 0.2) is 18.2 Å². The predicted octanol–water partition coefficient (Wildman–Crippen LogP) is -1.97. The van der Waals surface area contributed by atoms with E-state index in [9.17, 15) is 25.5 Å². The number of benzene rings is 1. The Labute approximate surface area is 127 Å². The Bertz CT molecular complexity index is 496. The van der Waals surface area contributed by atoms with Gasteiger partial charge in [-0.25, -0.2) is 0 Å². The quantitative estimate of drug-likeness (QED) is 0.310. The molecule has 124 valence electrons. The zero-order valence-electron chi connectivity index (χ0n) is 11.8. The van der Waals surface area contributed by atoms with Gasteiger partial charge in [-0.2, -0.15) is 0 Å². The van der Waals surface area contributed by atoms with Crippen LogP contribution in [0.4, 0.5) is 0 Å². The van der Waals surface area contributed by atoms with Crippen molar-refractivity contribution in [2.45, 2.75) is 37.1 Å². The average Bonchev–Trinajstić information content (AvgIpc) is 2.51. The smallest absolute Gasteiger partial charge is 0.157 e. The first-order valence-corrected chi connectivity index (χ1v) is 6.98. The number of aliphatic hydroxyl groups excluding tert-OH is 4. The second-order valence-electron chi connectivity index (χ2n) is 5.28. The van der Waals surface area contributed by atoms with E-state index in [1.54, 1.807) is 6.07 Å². The summed E-state index contributed by atoms with van der Waals surface area (Å²) < 4.78 is 5.30. The second-order valence-corrected chi connectivity index (χ2v) is 5.28. The summed E-state index contributed by atoms with van der Waals surface area (Å²) in [6.45, 7) is -0.123. The van der Waals surface area contributed by atoms with Gasteiger partial charge in [-0.1, -0.05) is 6.07 Å². The topological polar surface area (TPSA) is 143 Å². The Balaban J connectivity index is 1.88. The van der Waals surface area contributed by atoms with E-state index < -0.39 is 37.3 Å². The van der Waals surface area contributed by atoms with Crippen LogP contribution in [0.5, 0.6) is 11.5 Å². The maximum atomic E-state index is 9.85. The van der Waals surface area contributed by atoms with Crippen LogP contribution in [0.1, 0.15) is 5.56 Å². The first kappa shape index (κ1) is 16.9. The molecule has 2 rings (SSSR count). The van der Waals surface area contributed by atoms with Crippen LogP contribution >= 0.6 is 0 Å². The molecule has 0 bridgehead atoms. The van der Waals surface area contributed by atoms with Crippen molar-refractivity contribution in [2.75, 3.05) is 13.2 Å². The van der Waals surface area contributed by atoms with Crippen molar-refractivity contribution in [2.24, 2.45) is 0 Å². The van der Waals surface area contributed by atoms with Crippen molar-refractivity contribution in [3.8, 4) is 11.5 Å². The molecule has 0 spiro atoms. The van der Waals surface area contributed by atoms with Crippen molar-refractivity contribution in [3.05, 3.63) is 23.8 Å². The molecule has 0 unspecified atom stereocenters. The highest BCUT2D eigenvalue weighted by Gasteiger charge is 2.43. The van der Waals surface area contributed by atoms with Gasteiger partial charge >= 0.3 is 0 Å². The predicted molar refractivity (Wildman–Crippen MR) is 75.2 cm³/mol. The van der Waals surface area contributed by atoms with E-state index in [4.69, 9.17) is 9.84 Å². The van der Waals surface area contributed by atoms with Gasteiger partial charge in [0.05, 0.1) is 6.61 Å². The Morgan fingerprint density at radius 3 is 2.36 bits per heavy atom. The SMILES string of the molecule is OC[C@H]1O[C@@H](NCCc2ccc(O)c(O)c2)[C@H](O)[C@@H](O)[C@@H]1O. The number of phenolic OH excluding ortho intramolecular Hbond substituents is 2. The first-order chi connectivity index (χ1) is 10.4. The molecule has 1 fully saturated rings. The molecule has 0 aromatic heterocycles. The molecule has 0 amide bonds. The Morgan fingerprint density at radius 2 is 1.73 bits per heavy atom. The highest BCUT2D eigenvalue weighted by Crippen LogP contribution is 2.25. The molecule has 1 saturated heterocycles. The molecule has 0 radical (unpaired) electrons. The molecule has 0 saturated carbocycles. The van der Waals surface area contributed by atoms with E-state index in [-0.39, 0.29) is 11.5 Å². The number of aromatic hydroxyl groups is 2. The van der Waals surface area contributed by atoms with E-state index in [0.717, 1.165) is 5.56 Å². The Hall–Kier alpha value is -1.42. The number of hydrogen-bond donors (Lipinski definition) is 7. The van der Waals surface area contributed by atoms with Crippen LogP contribution in [0.2, 0.25) is 0 Å². The van der Waals surface area contributed by atoms with Gasteiger partial charge < -0.3 is 35.4 Å². The summed E-state index contributed by atoms with van der Waals surface area (Å²) in [5.41, 5.74) is 0.757. The average molecular weight is 315 g/mol. The van der Waals surface area contributed by atoms with Crippen LogP contribution in [-0.4, -0.2) is 74.4 Å². The van der Waals surface area contributed by atoms with Crippen LogP contribution in [-0.2, 0) is 11.2 Å². The number of ether oxygens (including phenoxy) is 1. The molecule has 8 nitrogen and oxygen atoms in total. The summed E-state index contributed by atoms with van der Waals surface area (Å²) in [6.07, 6.45) is -5.53. The van der Waals surface area contributed by atoms with Crippen LogP contribution in [0.3, 0.4) is 0 Å². The van der Waals surface area contributed by atoms with Crippen molar-refractivity contribution < 1.29 is 35.4 Å². The molecule has 0 aliphatic carbocycles. The number of phenols is 2. The number of aliphatic hydroxyl groups is 4. The fraction of sp³-hybridized carbons (Fsp3) is 0.571. The van der Waals surface area contributed by atoms with Gasteiger partial charge in [-0.3, -0.25) is 5.32 Å². The van der Waals surface area contributed by atoms with Gasteiger partial charge in [0.25, 0.3) is 0 Å². The van der Waals surface area contributed by atoms with E-state index in [2.05, 4.69) is 5.32 Å². The van der Waals surface area contributed by atoms with Crippen molar-refractivity contribution in [1.29, 1.82) is 0 Å². The van der Waals surface area contributed by atoms with E-state index in [1.165, 1.54) is 12.1 Å². The van der Waals surface area contributed by atoms with Crippen molar-refractivity contribution in [3.63, 3.8) is 0 Å². The molecule has 1 aromatic carbocycles. The summed E-state index contributed by atoms with van der Waals surface area (Å²) in [7, 11) is 0. The third-order valence-corrected chi connectivity index (χ3v) is 3.69. The third-order valence-electron chi connectivity index (χ3n) is 3.69. The monoisotopic (exact) mass is 315 g/mol. The third kappa shape index (κ3) is 3.67. The molecular weight excluding hydrogens is 294 g/mol. The Kier molecular flexibility index (Phi) is 5.57. The fourth-order valence-corrected chi connectivity index (χ4v) is 2.35. The zero-order valence-corrected chi connectivity index (χ0v) is 11.8. The minimum atomic E-state index is -1.42. The Morgan fingerprint density at radius 1 is 1.00 bits per heavy atom. The van der Waals surface area contributed by atoms with Gasteiger partial charge in [-0.15, -0.1) is 0 Å². The van der Waals surface area contributed by atoms with Crippen LogP contribution < -0.4 is 5.32 Å². The summed E-state index contributed by atoms with van der Waals surface area (Å²) in [6, 6.07) is 4.44. The molecule has 1 aliphatic rings. The van der Waals surface area contributed by atoms with Crippen LogP contribution in [0.25, 0.3) is 0 Å². The van der Waals surface area contributed by atoms with E-state index in [1.807, 2.05) is 0 Å². The molecular formula is C14H21NO7.